The zero-order valence-corrected chi connectivity index (χ0v) is 17.3. The third-order valence-electron chi connectivity index (χ3n) is 4.42. The van der Waals surface area contributed by atoms with Gasteiger partial charge < -0.3 is 16.2 Å². The Kier molecular flexibility index (Phi) is 7.67. The minimum atomic E-state index is -0.947. The number of nitrogens with zero attached hydrogens (tertiary/aromatic N) is 1. The van der Waals surface area contributed by atoms with Crippen LogP contribution in [0.5, 0.6) is 0 Å². The first kappa shape index (κ1) is 20.9. The number of fused-ring (bicyclic) bond motifs is 1. The minimum absolute atomic E-state index is 0. The molecule has 26 heavy (non-hydrogen) atoms. The summed E-state index contributed by atoms with van der Waals surface area (Å²) in [7, 11) is 0. The largest absolute Gasteiger partial charge is 0.386 e. The first-order valence-electron chi connectivity index (χ1n) is 8.35. The second kappa shape index (κ2) is 9.53. The van der Waals surface area contributed by atoms with Crippen molar-refractivity contribution in [3.63, 3.8) is 0 Å². The molecule has 0 amide bonds. The normalized spacial score (nSPS) is 15.0. The fourth-order valence-corrected chi connectivity index (χ4v) is 3.20. The van der Waals surface area contributed by atoms with E-state index in [9.17, 15) is 9.50 Å². The number of nitrogens with two attached hydrogens (primary N) is 1. The molecule has 0 fully saturated rings. The van der Waals surface area contributed by atoms with Crippen molar-refractivity contribution in [1.82, 2.24) is 0 Å². The van der Waals surface area contributed by atoms with E-state index in [1.54, 1.807) is 6.07 Å². The number of aliphatic imine (C=N–C) groups is 1. The summed E-state index contributed by atoms with van der Waals surface area (Å²) in [6, 6.07) is 10.3. The van der Waals surface area contributed by atoms with E-state index in [1.165, 1.54) is 36.1 Å². The van der Waals surface area contributed by atoms with Crippen LogP contribution in [0.2, 0.25) is 5.02 Å². The van der Waals surface area contributed by atoms with Crippen molar-refractivity contribution in [1.29, 1.82) is 0 Å². The van der Waals surface area contributed by atoms with Gasteiger partial charge in [0.25, 0.3) is 0 Å². The Hall–Kier alpha value is -1.38. The lowest BCUT2D eigenvalue weighted by Crippen LogP contribution is -2.25. The maximum Gasteiger partial charge on any atom is 0.193 e. The van der Waals surface area contributed by atoms with Crippen LogP contribution in [0.25, 0.3) is 0 Å². The lowest BCUT2D eigenvalue weighted by atomic mass is 9.90. The van der Waals surface area contributed by atoms with Crippen LogP contribution in [0.3, 0.4) is 0 Å². The number of anilines is 1. The molecule has 0 radical (unpaired) electrons. The van der Waals surface area contributed by atoms with Crippen molar-refractivity contribution in [2.45, 2.75) is 31.8 Å². The van der Waals surface area contributed by atoms with Crippen LogP contribution in [0, 0.1) is 5.82 Å². The van der Waals surface area contributed by atoms with Gasteiger partial charge in [-0.3, -0.25) is 4.99 Å². The molecular formula is C19H22ClFIN3O. The summed E-state index contributed by atoms with van der Waals surface area (Å²) in [6.45, 7) is 0.0366. The van der Waals surface area contributed by atoms with Crippen LogP contribution in [0.15, 0.2) is 41.4 Å². The van der Waals surface area contributed by atoms with Crippen LogP contribution in [0.4, 0.5) is 10.1 Å². The highest BCUT2D eigenvalue weighted by atomic mass is 127. The molecule has 0 aromatic heterocycles. The standard InChI is InChI=1S/C19H21ClFN3O.HI/c20-15-9-8-13(10-16(15)21)18(25)11-23-19(22)24-17-7-3-5-12-4-1-2-6-14(12)17;/h3,5,7-10,18,25H,1-2,4,6,11H2,(H3,22,23,24);1H. The van der Waals surface area contributed by atoms with Gasteiger partial charge in [-0.1, -0.05) is 29.8 Å². The molecule has 2 aromatic carbocycles. The van der Waals surface area contributed by atoms with Gasteiger partial charge in [0.15, 0.2) is 5.96 Å². The van der Waals surface area contributed by atoms with Gasteiger partial charge in [-0.05, 0) is 60.6 Å². The molecule has 1 atom stereocenters. The number of benzene rings is 2. The maximum absolute atomic E-state index is 13.5. The van der Waals surface area contributed by atoms with E-state index in [0.717, 1.165) is 18.5 Å². The van der Waals surface area contributed by atoms with Crippen LogP contribution in [-0.4, -0.2) is 17.6 Å². The van der Waals surface area contributed by atoms with E-state index in [0.29, 0.717) is 5.56 Å². The van der Waals surface area contributed by atoms with E-state index in [-0.39, 0.29) is 41.5 Å². The summed E-state index contributed by atoms with van der Waals surface area (Å²) in [5, 5.41) is 13.3. The third kappa shape index (κ3) is 5.08. The fourth-order valence-electron chi connectivity index (χ4n) is 3.09. The first-order chi connectivity index (χ1) is 12.0. The molecule has 0 spiro atoms. The van der Waals surface area contributed by atoms with E-state index >= 15 is 0 Å². The quantitative estimate of drug-likeness (QED) is 0.338. The van der Waals surface area contributed by atoms with E-state index in [2.05, 4.69) is 16.4 Å². The molecule has 2 aromatic rings. The van der Waals surface area contributed by atoms with Gasteiger partial charge in [-0.2, -0.15) is 0 Å². The van der Waals surface area contributed by atoms with Crippen molar-refractivity contribution < 1.29 is 9.50 Å². The smallest absolute Gasteiger partial charge is 0.193 e. The summed E-state index contributed by atoms with van der Waals surface area (Å²) >= 11 is 5.65. The Morgan fingerprint density at radius 2 is 2.04 bits per heavy atom. The monoisotopic (exact) mass is 489 g/mol. The topological polar surface area (TPSA) is 70.6 Å². The van der Waals surface area contributed by atoms with Gasteiger partial charge in [0.2, 0.25) is 0 Å². The molecule has 0 aliphatic heterocycles. The van der Waals surface area contributed by atoms with Crippen LogP contribution in [-0.2, 0) is 12.8 Å². The first-order valence-corrected chi connectivity index (χ1v) is 8.73. The van der Waals surface area contributed by atoms with E-state index < -0.39 is 11.9 Å². The van der Waals surface area contributed by atoms with E-state index in [4.69, 9.17) is 17.3 Å². The van der Waals surface area contributed by atoms with Gasteiger partial charge in [-0.25, -0.2) is 4.39 Å². The Balaban J connectivity index is 0.00000243. The predicted molar refractivity (Wildman–Crippen MR) is 115 cm³/mol. The van der Waals surface area contributed by atoms with Gasteiger partial charge in [0.05, 0.1) is 17.7 Å². The SMILES string of the molecule is I.NC(=NCC(O)c1ccc(Cl)c(F)c1)Nc1cccc2c1CCCC2. The highest BCUT2D eigenvalue weighted by Gasteiger charge is 2.14. The van der Waals surface area contributed by atoms with Crippen molar-refractivity contribution >= 4 is 47.2 Å². The molecule has 0 saturated heterocycles. The number of halogens is 3. The second-order valence-corrected chi connectivity index (χ2v) is 6.60. The van der Waals surface area contributed by atoms with Gasteiger partial charge in [-0.15, -0.1) is 24.0 Å². The van der Waals surface area contributed by atoms with Gasteiger partial charge in [0, 0.05) is 5.69 Å². The Labute approximate surface area is 174 Å². The Morgan fingerprint density at radius 1 is 1.27 bits per heavy atom. The predicted octanol–water partition coefficient (Wildman–Crippen LogP) is 4.44. The summed E-state index contributed by atoms with van der Waals surface area (Å²) < 4.78 is 13.5. The number of hydrogen-bond acceptors (Lipinski definition) is 2. The van der Waals surface area contributed by atoms with Crippen LogP contribution >= 0.6 is 35.6 Å². The maximum atomic E-state index is 13.5. The lowest BCUT2D eigenvalue weighted by Gasteiger charge is -2.20. The van der Waals surface area contributed by atoms with Crippen molar-refractivity contribution in [3.05, 3.63) is 63.9 Å². The molecule has 1 aliphatic carbocycles. The summed E-state index contributed by atoms with van der Waals surface area (Å²) in [5.41, 5.74) is 9.96. The Bertz CT molecular complexity index is 800. The second-order valence-electron chi connectivity index (χ2n) is 6.19. The number of rotatable bonds is 4. The molecule has 4 N–H and O–H groups in total. The fraction of sp³-hybridized carbons (Fsp3) is 0.316. The molecule has 1 unspecified atom stereocenters. The summed E-state index contributed by atoms with van der Waals surface area (Å²) in [4.78, 5) is 4.17. The summed E-state index contributed by atoms with van der Waals surface area (Å²) in [5.74, 6) is -0.336. The van der Waals surface area contributed by atoms with Crippen LogP contribution in [0.1, 0.15) is 35.6 Å². The number of hydrogen-bond donors (Lipinski definition) is 3. The molecule has 0 heterocycles. The van der Waals surface area contributed by atoms with Crippen molar-refractivity contribution in [2.24, 2.45) is 10.7 Å². The zero-order valence-electron chi connectivity index (χ0n) is 14.2. The molecule has 4 nitrogen and oxygen atoms in total. The zero-order chi connectivity index (χ0) is 17.8. The minimum Gasteiger partial charge on any atom is -0.386 e. The number of guanidine groups is 1. The average Bonchev–Trinajstić information content (AvgIpc) is 2.62. The van der Waals surface area contributed by atoms with Gasteiger partial charge >= 0.3 is 0 Å². The van der Waals surface area contributed by atoms with Crippen LogP contribution < -0.4 is 11.1 Å². The molecule has 0 saturated carbocycles. The number of aliphatic hydroxyl groups excluding tert-OH is 1. The molecule has 0 bridgehead atoms. The molecular weight excluding hydrogens is 468 g/mol. The molecule has 140 valence electrons. The lowest BCUT2D eigenvalue weighted by molar-refractivity contribution is 0.187. The number of aliphatic hydroxyl groups is 1. The van der Waals surface area contributed by atoms with Crippen molar-refractivity contribution in [3.8, 4) is 0 Å². The van der Waals surface area contributed by atoms with E-state index in [1.807, 2.05) is 12.1 Å². The Morgan fingerprint density at radius 3 is 2.81 bits per heavy atom. The average molecular weight is 490 g/mol. The van der Waals surface area contributed by atoms with Crippen molar-refractivity contribution in [2.75, 3.05) is 11.9 Å². The molecule has 1 aliphatic rings. The molecule has 7 heteroatoms. The molecule has 3 rings (SSSR count). The number of aryl methyl sites for hydroxylation is 1. The summed E-state index contributed by atoms with van der Waals surface area (Å²) in [6.07, 6.45) is 3.55. The third-order valence-corrected chi connectivity index (χ3v) is 4.73. The van der Waals surface area contributed by atoms with Gasteiger partial charge in [0.1, 0.15) is 5.82 Å². The highest BCUT2D eigenvalue weighted by molar-refractivity contribution is 14.0. The highest BCUT2D eigenvalue weighted by Crippen LogP contribution is 2.27. The number of nitrogens with one attached hydrogen (secondary N) is 1.